The molecular formula is C21H25NOS2. The number of hydrogen-bond acceptors (Lipinski definition) is 3. The van der Waals surface area contributed by atoms with Crippen LogP contribution in [0.1, 0.15) is 62.0 Å². The Bertz CT molecular complexity index is 857. The second-order valence-corrected chi connectivity index (χ2v) is 11.3. The van der Waals surface area contributed by atoms with Gasteiger partial charge in [0.05, 0.1) is 5.03 Å². The zero-order chi connectivity index (χ0) is 17.3. The van der Waals surface area contributed by atoms with Crippen molar-refractivity contribution in [2.24, 2.45) is 17.8 Å². The summed E-state index contributed by atoms with van der Waals surface area (Å²) in [5.74, 6) is 2.82. The average molecular weight is 372 g/mol. The monoisotopic (exact) mass is 371 g/mol. The molecule has 25 heavy (non-hydrogen) atoms. The third-order valence-corrected chi connectivity index (χ3v) is 9.22. The van der Waals surface area contributed by atoms with Gasteiger partial charge in [0.1, 0.15) is 0 Å². The Kier molecular flexibility index (Phi) is 3.56. The maximum atomic E-state index is 12.1. The summed E-state index contributed by atoms with van der Waals surface area (Å²) in [5.41, 5.74) is 2.97. The van der Waals surface area contributed by atoms with E-state index < -0.39 is 0 Å². The lowest BCUT2D eigenvalue weighted by molar-refractivity contribution is 0.307. The van der Waals surface area contributed by atoms with Crippen molar-refractivity contribution in [1.29, 1.82) is 0 Å². The Hall–Kier alpha value is -1.000. The predicted octanol–water partition coefficient (Wildman–Crippen LogP) is 5.39. The van der Waals surface area contributed by atoms with Gasteiger partial charge in [-0.25, -0.2) is 0 Å². The summed E-state index contributed by atoms with van der Waals surface area (Å²) in [5, 5.41) is 1.86. The molecule has 132 valence electrons. The highest BCUT2D eigenvalue weighted by Gasteiger charge is 2.54. The van der Waals surface area contributed by atoms with E-state index in [1.807, 2.05) is 11.8 Å². The molecule has 0 spiro atoms. The Balaban J connectivity index is 1.61. The van der Waals surface area contributed by atoms with Crippen molar-refractivity contribution < 1.29 is 0 Å². The molecular weight excluding hydrogens is 346 g/mol. The van der Waals surface area contributed by atoms with Crippen LogP contribution in [0.5, 0.6) is 0 Å². The van der Waals surface area contributed by atoms with E-state index in [2.05, 4.69) is 50.0 Å². The van der Waals surface area contributed by atoms with Crippen LogP contribution in [0.15, 0.2) is 34.1 Å². The minimum absolute atomic E-state index is 0.112. The molecule has 2 bridgehead atoms. The van der Waals surface area contributed by atoms with Crippen LogP contribution in [0.3, 0.4) is 0 Å². The Labute approximate surface area is 157 Å². The highest BCUT2D eigenvalue weighted by Crippen LogP contribution is 2.63. The van der Waals surface area contributed by atoms with Crippen molar-refractivity contribution in [3.63, 3.8) is 0 Å². The Morgan fingerprint density at radius 3 is 2.52 bits per heavy atom. The molecule has 2 aromatic rings. The SMILES string of the molecule is CC(C)(C)c1ccc([C@@H]2c3sc(=O)[nH]c3S[C@@H]3[C@H]4CC[C@@H](C4)[C@@H]23)cc1. The van der Waals surface area contributed by atoms with Crippen LogP contribution in [0.4, 0.5) is 0 Å². The first kappa shape index (κ1) is 16.2. The molecule has 5 rings (SSSR count). The molecule has 0 saturated heterocycles. The topological polar surface area (TPSA) is 32.9 Å². The Morgan fingerprint density at radius 1 is 1.08 bits per heavy atom. The molecule has 0 unspecified atom stereocenters. The molecule has 0 amide bonds. The normalized spacial score (nSPS) is 33.3. The number of aromatic nitrogens is 1. The van der Waals surface area contributed by atoms with Crippen LogP contribution < -0.4 is 4.87 Å². The zero-order valence-electron chi connectivity index (χ0n) is 15.0. The number of thioether (sulfide) groups is 1. The van der Waals surface area contributed by atoms with E-state index in [-0.39, 0.29) is 10.3 Å². The third-order valence-electron chi connectivity index (χ3n) is 6.60. The van der Waals surface area contributed by atoms with Crippen LogP contribution in [-0.2, 0) is 5.41 Å². The van der Waals surface area contributed by atoms with Gasteiger partial charge >= 0.3 is 4.87 Å². The Morgan fingerprint density at radius 2 is 1.80 bits per heavy atom. The number of nitrogens with one attached hydrogen (secondary N) is 1. The number of aromatic amines is 1. The van der Waals surface area contributed by atoms with Crippen LogP contribution in [0.2, 0.25) is 0 Å². The van der Waals surface area contributed by atoms with Crippen LogP contribution in [-0.4, -0.2) is 10.2 Å². The summed E-state index contributed by atoms with van der Waals surface area (Å²) in [6.45, 7) is 6.80. The number of hydrogen-bond donors (Lipinski definition) is 1. The van der Waals surface area contributed by atoms with E-state index >= 15 is 0 Å². The van der Waals surface area contributed by atoms with E-state index in [9.17, 15) is 4.79 Å². The van der Waals surface area contributed by atoms with Gasteiger partial charge in [0, 0.05) is 16.0 Å². The molecule has 2 heterocycles. The summed E-state index contributed by atoms with van der Waals surface area (Å²) in [6, 6.07) is 9.26. The van der Waals surface area contributed by atoms with Crippen molar-refractivity contribution in [3.8, 4) is 0 Å². The van der Waals surface area contributed by atoms with E-state index in [0.29, 0.717) is 17.1 Å². The number of fused-ring (bicyclic) bond motifs is 6. The van der Waals surface area contributed by atoms with Gasteiger partial charge in [0.25, 0.3) is 0 Å². The van der Waals surface area contributed by atoms with Gasteiger partial charge in [-0.2, -0.15) is 0 Å². The second kappa shape index (κ2) is 5.50. The van der Waals surface area contributed by atoms with Crippen molar-refractivity contribution >= 4 is 23.1 Å². The maximum absolute atomic E-state index is 12.1. The second-order valence-electron chi connectivity index (χ2n) is 9.05. The first-order valence-corrected chi connectivity index (χ1v) is 11.1. The van der Waals surface area contributed by atoms with Gasteiger partial charge in [0.15, 0.2) is 0 Å². The highest BCUT2D eigenvalue weighted by molar-refractivity contribution is 8.00. The molecule has 2 saturated carbocycles. The van der Waals surface area contributed by atoms with Gasteiger partial charge in [-0.1, -0.05) is 56.4 Å². The molecule has 5 atom stereocenters. The molecule has 4 heteroatoms. The molecule has 3 aliphatic rings. The third kappa shape index (κ3) is 2.48. The fourth-order valence-electron chi connectivity index (χ4n) is 5.41. The van der Waals surface area contributed by atoms with Crippen molar-refractivity contribution in [3.05, 3.63) is 49.9 Å². The molecule has 1 N–H and O–H groups in total. The van der Waals surface area contributed by atoms with Gasteiger partial charge < -0.3 is 4.98 Å². The van der Waals surface area contributed by atoms with E-state index in [0.717, 1.165) is 16.9 Å². The molecule has 1 aromatic heterocycles. The molecule has 1 aliphatic heterocycles. The number of benzene rings is 1. The van der Waals surface area contributed by atoms with E-state index in [1.54, 1.807) is 0 Å². The molecule has 0 radical (unpaired) electrons. The summed E-state index contributed by atoms with van der Waals surface area (Å²) < 4.78 is 0. The predicted molar refractivity (Wildman–Crippen MR) is 106 cm³/mol. The van der Waals surface area contributed by atoms with Gasteiger partial charge in [-0.15, -0.1) is 11.8 Å². The van der Waals surface area contributed by atoms with Crippen molar-refractivity contribution in [1.82, 2.24) is 4.98 Å². The summed E-state index contributed by atoms with van der Waals surface area (Å²) >= 11 is 3.42. The largest absolute Gasteiger partial charge is 0.307 e. The number of thiazole rings is 1. The average Bonchev–Trinajstić information content (AvgIpc) is 3.25. The number of rotatable bonds is 1. The van der Waals surface area contributed by atoms with E-state index in [4.69, 9.17) is 0 Å². The summed E-state index contributed by atoms with van der Waals surface area (Å²) in [6.07, 6.45) is 4.17. The van der Waals surface area contributed by atoms with Gasteiger partial charge in [-0.05, 0) is 53.6 Å². The van der Waals surface area contributed by atoms with Crippen LogP contribution >= 0.6 is 23.1 Å². The lowest BCUT2D eigenvalue weighted by Gasteiger charge is -2.40. The standard InChI is InChI=1S/C21H25NOS2/c1-21(2,3)14-8-6-11(7-9-14)15-16-12-4-5-13(10-12)17(16)24-19-18(15)25-20(23)22-19/h6-9,12-13,15-17H,4-5,10H2,1-3H3,(H,22,23)/t12-,13-,15-,16-,17+/m0/s1. The lowest BCUT2D eigenvalue weighted by atomic mass is 9.74. The minimum atomic E-state index is 0.112. The molecule has 1 aromatic carbocycles. The summed E-state index contributed by atoms with van der Waals surface area (Å²) in [7, 11) is 0. The smallest absolute Gasteiger partial charge is 0.305 e. The molecule has 2 aliphatic carbocycles. The quantitative estimate of drug-likeness (QED) is 0.729. The maximum Gasteiger partial charge on any atom is 0.305 e. The van der Waals surface area contributed by atoms with Gasteiger partial charge in [0.2, 0.25) is 0 Å². The first-order valence-electron chi connectivity index (χ1n) is 9.42. The van der Waals surface area contributed by atoms with Crippen molar-refractivity contribution in [2.45, 2.75) is 61.6 Å². The van der Waals surface area contributed by atoms with Crippen molar-refractivity contribution in [2.75, 3.05) is 0 Å². The lowest BCUT2D eigenvalue weighted by Crippen LogP contribution is -2.33. The van der Waals surface area contributed by atoms with Crippen LogP contribution in [0.25, 0.3) is 0 Å². The van der Waals surface area contributed by atoms with E-state index in [1.165, 1.54) is 46.6 Å². The molecule has 2 fully saturated rings. The van der Waals surface area contributed by atoms with Gasteiger partial charge in [-0.3, -0.25) is 4.79 Å². The fourth-order valence-corrected chi connectivity index (χ4v) is 8.31. The first-order chi connectivity index (χ1) is 11.9. The molecule has 2 nitrogen and oxygen atoms in total. The minimum Gasteiger partial charge on any atom is -0.307 e. The fraction of sp³-hybridized carbons (Fsp3) is 0.571. The zero-order valence-corrected chi connectivity index (χ0v) is 16.7. The van der Waals surface area contributed by atoms with Crippen LogP contribution in [0, 0.1) is 17.8 Å². The highest BCUT2D eigenvalue weighted by atomic mass is 32.2. The summed E-state index contributed by atoms with van der Waals surface area (Å²) in [4.78, 5) is 16.6. The number of H-pyrrole nitrogens is 1.